The smallest absolute Gasteiger partial charge is 0.419 e. The number of hydrogen-bond donors (Lipinski definition) is 1. The predicted octanol–water partition coefficient (Wildman–Crippen LogP) is 3.48. The Bertz CT molecular complexity index is 605. The van der Waals surface area contributed by atoms with Crippen LogP contribution in [-0.4, -0.2) is 21.4 Å². The molecule has 1 atom stereocenters. The van der Waals surface area contributed by atoms with Crippen molar-refractivity contribution in [1.29, 1.82) is 0 Å². The number of para-hydroxylation sites is 1. The van der Waals surface area contributed by atoms with Gasteiger partial charge in [-0.1, -0.05) is 18.2 Å². The Morgan fingerprint density at radius 2 is 1.95 bits per heavy atom. The van der Waals surface area contributed by atoms with Crippen LogP contribution in [0.2, 0.25) is 0 Å². The molecule has 0 saturated carbocycles. The molecule has 2 aromatic rings. The van der Waals surface area contributed by atoms with Crippen LogP contribution >= 0.6 is 0 Å². The standard InChI is InChI=1S/C15H19NO3/c1-10(17)12-9-16(14(18)19-15(2,3)4)13-8-6-5-7-11(12)13/h5-10,17H,1-4H3. The molecule has 1 aromatic heterocycles. The molecule has 19 heavy (non-hydrogen) atoms. The van der Waals surface area contributed by atoms with Gasteiger partial charge in [-0.25, -0.2) is 4.79 Å². The number of aromatic nitrogens is 1. The predicted molar refractivity (Wildman–Crippen MR) is 74.2 cm³/mol. The number of aliphatic hydroxyl groups excluding tert-OH is 1. The van der Waals surface area contributed by atoms with E-state index in [1.54, 1.807) is 13.1 Å². The maximum Gasteiger partial charge on any atom is 0.419 e. The van der Waals surface area contributed by atoms with Gasteiger partial charge in [-0.2, -0.15) is 0 Å². The van der Waals surface area contributed by atoms with Gasteiger partial charge in [0, 0.05) is 17.1 Å². The number of nitrogens with zero attached hydrogens (tertiary/aromatic N) is 1. The Labute approximate surface area is 112 Å². The lowest BCUT2D eigenvalue weighted by molar-refractivity contribution is 0.0544. The summed E-state index contributed by atoms with van der Waals surface area (Å²) in [7, 11) is 0. The van der Waals surface area contributed by atoms with Crippen molar-refractivity contribution in [3.8, 4) is 0 Å². The first kappa shape index (κ1) is 13.6. The van der Waals surface area contributed by atoms with Crippen molar-refractivity contribution in [3.05, 3.63) is 36.0 Å². The first-order valence-corrected chi connectivity index (χ1v) is 6.31. The monoisotopic (exact) mass is 261 g/mol. The summed E-state index contributed by atoms with van der Waals surface area (Å²) in [6.45, 7) is 7.16. The van der Waals surface area contributed by atoms with Crippen LogP contribution < -0.4 is 0 Å². The Morgan fingerprint density at radius 1 is 1.32 bits per heavy atom. The minimum absolute atomic E-state index is 0.435. The maximum atomic E-state index is 12.2. The average Bonchev–Trinajstić information content (AvgIpc) is 2.66. The molecule has 0 aliphatic rings. The number of fused-ring (bicyclic) bond motifs is 1. The minimum atomic E-state index is -0.631. The molecule has 0 saturated heterocycles. The molecule has 1 aromatic carbocycles. The second-order valence-electron chi connectivity index (χ2n) is 5.63. The normalized spacial score (nSPS) is 13.5. The summed E-state index contributed by atoms with van der Waals surface area (Å²) in [6.07, 6.45) is 0.577. The largest absolute Gasteiger partial charge is 0.443 e. The van der Waals surface area contributed by atoms with Gasteiger partial charge in [0.1, 0.15) is 5.60 Å². The summed E-state index contributed by atoms with van der Waals surface area (Å²) in [5.41, 5.74) is 0.919. The third-order valence-electron chi connectivity index (χ3n) is 2.78. The molecule has 2 rings (SSSR count). The highest BCUT2D eigenvalue weighted by molar-refractivity contribution is 5.92. The van der Waals surface area contributed by atoms with Gasteiger partial charge in [-0.05, 0) is 33.8 Å². The van der Waals surface area contributed by atoms with Crippen molar-refractivity contribution in [3.63, 3.8) is 0 Å². The minimum Gasteiger partial charge on any atom is -0.443 e. The quantitative estimate of drug-likeness (QED) is 0.855. The van der Waals surface area contributed by atoms with Crippen molar-refractivity contribution in [1.82, 2.24) is 4.57 Å². The van der Waals surface area contributed by atoms with Crippen LogP contribution in [0.4, 0.5) is 4.79 Å². The average molecular weight is 261 g/mol. The van der Waals surface area contributed by atoms with Crippen molar-refractivity contribution in [2.75, 3.05) is 0 Å². The molecule has 0 amide bonds. The Hall–Kier alpha value is -1.81. The highest BCUT2D eigenvalue weighted by Crippen LogP contribution is 2.27. The number of aliphatic hydroxyl groups is 1. The van der Waals surface area contributed by atoms with E-state index in [4.69, 9.17) is 4.74 Å². The zero-order chi connectivity index (χ0) is 14.2. The second-order valence-corrected chi connectivity index (χ2v) is 5.63. The van der Waals surface area contributed by atoms with E-state index in [1.807, 2.05) is 45.0 Å². The van der Waals surface area contributed by atoms with Gasteiger partial charge in [0.05, 0.1) is 11.6 Å². The lowest BCUT2D eigenvalue weighted by atomic mass is 10.1. The zero-order valence-corrected chi connectivity index (χ0v) is 11.7. The maximum absolute atomic E-state index is 12.2. The van der Waals surface area contributed by atoms with Gasteiger partial charge in [-0.15, -0.1) is 0 Å². The Morgan fingerprint density at radius 3 is 2.53 bits per heavy atom. The molecular weight excluding hydrogens is 242 g/mol. The number of benzene rings is 1. The number of hydrogen-bond acceptors (Lipinski definition) is 3. The van der Waals surface area contributed by atoms with Crippen LogP contribution in [0, 0.1) is 0 Å². The van der Waals surface area contributed by atoms with Crippen molar-refractivity contribution >= 4 is 17.0 Å². The molecule has 0 fully saturated rings. The summed E-state index contributed by atoms with van der Waals surface area (Å²) in [6, 6.07) is 7.46. The summed E-state index contributed by atoms with van der Waals surface area (Å²) in [5, 5.41) is 10.6. The summed E-state index contributed by atoms with van der Waals surface area (Å²) in [5.74, 6) is 0. The van der Waals surface area contributed by atoms with Crippen molar-refractivity contribution < 1.29 is 14.6 Å². The molecule has 0 radical (unpaired) electrons. The molecule has 1 heterocycles. The third kappa shape index (κ3) is 2.79. The van der Waals surface area contributed by atoms with Crippen LogP contribution in [0.1, 0.15) is 39.4 Å². The van der Waals surface area contributed by atoms with E-state index < -0.39 is 17.8 Å². The summed E-state index contributed by atoms with van der Waals surface area (Å²) < 4.78 is 6.81. The molecular formula is C15H19NO3. The van der Waals surface area contributed by atoms with Crippen LogP contribution in [-0.2, 0) is 4.74 Å². The van der Waals surface area contributed by atoms with E-state index >= 15 is 0 Å². The lowest BCUT2D eigenvalue weighted by Crippen LogP contribution is -2.26. The van der Waals surface area contributed by atoms with Gasteiger partial charge in [-0.3, -0.25) is 4.57 Å². The Balaban J connectivity index is 2.52. The number of carbonyl (C=O) groups excluding carboxylic acids is 1. The van der Waals surface area contributed by atoms with Crippen LogP contribution in [0.3, 0.4) is 0 Å². The molecule has 102 valence electrons. The molecule has 1 unspecified atom stereocenters. The molecule has 0 spiro atoms. The van der Waals surface area contributed by atoms with Gasteiger partial charge < -0.3 is 9.84 Å². The Kier molecular flexibility index (Phi) is 3.37. The van der Waals surface area contributed by atoms with E-state index in [0.29, 0.717) is 0 Å². The van der Waals surface area contributed by atoms with Crippen LogP contribution in [0.25, 0.3) is 10.9 Å². The summed E-state index contributed by atoms with van der Waals surface area (Å²) in [4.78, 5) is 12.2. The van der Waals surface area contributed by atoms with Gasteiger partial charge in [0.2, 0.25) is 0 Å². The van der Waals surface area contributed by atoms with Gasteiger partial charge in [0.15, 0.2) is 0 Å². The van der Waals surface area contributed by atoms with E-state index in [2.05, 4.69) is 0 Å². The zero-order valence-electron chi connectivity index (χ0n) is 11.7. The molecule has 0 aliphatic carbocycles. The van der Waals surface area contributed by atoms with E-state index in [-0.39, 0.29) is 0 Å². The molecule has 4 nitrogen and oxygen atoms in total. The van der Waals surface area contributed by atoms with E-state index in [0.717, 1.165) is 16.5 Å². The van der Waals surface area contributed by atoms with E-state index in [1.165, 1.54) is 4.57 Å². The topological polar surface area (TPSA) is 51.5 Å². The van der Waals surface area contributed by atoms with Gasteiger partial charge >= 0.3 is 6.09 Å². The van der Waals surface area contributed by atoms with Crippen LogP contribution in [0.15, 0.2) is 30.5 Å². The lowest BCUT2D eigenvalue weighted by Gasteiger charge is -2.19. The molecule has 4 heteroatoms. The SMILES string of the molecule is CC(O)c1cn(C(=O)OC(C)(C)C)c2ccccc12. The van der Waals surface area contributed by atoms with E-state index in [9.17, 15) is 9.90 Å². The van der Waals surface area contributed by atoms with Crippen molar-refractivity contribution in [2.24, 2.45) is 0 Å². The molecule has 0 aliphatic heterocycles. The first-order valence-electron chi connectivity index (χ1n) is 6.31. The third-order valence-corrected chi connectivity index (χ3v) is 2.78. The molecule has 1 N–H and O–H groups in total. The molecule has 0 bridgehead atoms. The second kappa shape index (κ2) is 4.70. The fourth-order valence-corrected chi connectivity index (χ4v) is 2.00. The fourth-order valence-electron chi connectivity index (χ4n) is 2.00. The highest BCUT2D eigenvalue weighted by Gasteiger charge is 2.21. The summed E-state index contributed by atoms with van der Waals surface area (Å²) >= 11 is 0. The fraction of sp³-hybridized carbons (Fsp3) is 0.400. The number of carbonyl (C=O) groups is 1. The van der Waals surface area contributed by atoms with Crippen molar-refractivity contribution in [2.45, 2.75) is 39.4 Å². The number of ether oxygens (including phenoxy) is 1. The van der Waals surface area contributed by atoms with Gasteiger partial charge in [0.25, 0.3) is 0 Å². The first-order chi connectivity index (χ1) is 8.79. The number of rotatable bonds is 1. The van der Waals surface area contributed by atoms with Crippen LogP contribution in [0.5, 0.6) is 0 Å². The highest BCUT2D eigenvalue weighted by atomic mass is 16.6.